The Morgan fingerprint density at radius 3 is 2.72 bits per heavy atom. The summed E-state index contributed by atoms with van der Waals surface area (Å²) in [5, 5.41) is 0. The van der Waals surface area contributed by atoms with Gasteiger partial charge in [0.2, 0.25) is 5.95 Å². The zero-order valence-corrected chi connectivity index (χ0v) is 15.0. The van der Waals surface area contributed by atoms with Crippen LogP contribution in [0.25, 0.3) is 11.2 Å². The predicted molar refractivity (Wildman–Crippen MR) is 93.3 cm³/mol. The quantitative estimate of drug-likeness (QED) is 0.634. The molecule has 0 bridgehead atoms. The van der Waals surface area contributed by atoms with Crippen LogP contribution in [0.1, 0.15) is 26.2 Å². The van der Waals surface area contributed by atoms with E-state index in [9.17, 15) is 4.57 Å². The number of nitrogen functional groups attached to an aromatic ring is 1. The first kappa shape index (κ1) is 18.1. The summed E-state index contributed by atoms with van der Waals surface area (Å²) in [5.41, 5.74) is 7.16. The van der Waals surface area contributed by atoms with Crippen molar-refractivity contribution in [2.75, 3.05) is 30.1 Å². The Morgan fingerprint density at radius 1 is 1.32 bits per heavy atom. The van der Waals surface area contributed by atoms with Gasteiger partial charge in [-0.3, -0.25) is 4.57 Å². The van der Waals surface area contributed by atoms with Crippen molar-refractivity contribution < 1.29 is 19.1 Å². The summed E-state index contributed by atoms with van der Waals surface area (Å²) in [5.74, 6) is 0.920. The molecule has 0 unspecified atom stereocenters. The molecule has 0 spiro atoms. The van der Waals surface area contributed by atoms with Crippen LogP contribution in [0.2, 0.25) is 0 Å². The lowest BCUT2D eigenvalue weighted by Gasteiger charge is -2.27. The van der Waals surface area contributed by atoms with Crippen LogP contribution in [0.3, 0.4) is 0 Å². The minimum atomic E-state index is -4.19. The third-order valence-corrected chi connectivity index (χ3v) is 4.58. The Morgan fingerprint density at radius 2 is 2.04 bits per heavy atom. The van der Waals surface area contributed by atoms with Crippen LogP contribution in [-0.4, -0.2) is 54.8 Å². The number of aromatic nitrogens is 4. The molecule has 1 fully saturated rings. The van der Waals surface area contributed by atoms with Crippen molar-refractivity contribution in [3.63, 3.8) is 0 Å². The van der Waals surface area contributed by atoms with E-state index in [0.717, 1.165) is 31.7 Å². The Labute approximate surface area is 145 Å². The van der Waals surface area contributed by atoms with E-state index in [1.165, 1.54) is 6.42 Å². The number of hydrogen-bond donors (Lipinski definition) is 3. The maximum Gasteiger partial charge on any atom is 0.350 e. The number of fused-ring (bicyclic) bond motifs is 1. The van der Waals surface area contributed by atoms with E-state index in [1.807, 2.05) is 0 Å². The maximum atomic E-state index is 10.9. The third-order valence-electron chi connectivity index (χ3n) is 4.10. The molecule has 0 amide bonds. The normalized spacial score (nSPS) is 17.2. The van der Waals surface area contributed by atoms with Gasteiger partial charge >= 0.3 is 7.60 Å². The molecule has 2 aromatic heterocycles. The molecule has 3 rings (SSSR count). The van der Waals surface area contributed by atoms with E-state index in [2.05, 4.69) is 19.9 Å². The molecule has 1 atom stereocenters. The molecule has 0 aliphatic carbocycles. The maximum absolute atomic E-state index is 10.9. The minimum absolute atomic E-state index is 0.179. The molecule has 0 saturated carbocycles. The zero-order chi connectivity index (χ0) is 18.0. The van der Waals surface area contributed by atoms with Gasteiger partial charge in [-0.2, -0.15) is 9.97 Å². The fourth-order valence-corrected chi connectivity index (χ4v) is 3.41. The molecule has 11 heteroatoms. The second kappa shape index (κ2) is 7.25. The standard InChI is InChI=1S/C14H23N6O4P/c1-10(24-9-25(21,22)23)7-20-8-16-11-12(17-14(15)18-13(11)20)19-5-3-2-4-6-19/h8,10H,2-7,9H2,1H3,(H2,15,17,18)(H2,21,22,23)/t10-/m1/s1. The van der Waals surface area contributed by atoms with Gasteiger partial charge < -0.3 is 29.7 Å². The molecule has 3 heterocycles. The summed E-state index contributed by atoms with van der Waals surface area (Å²) in [6.45, 7) is 3.92. The number of anilines is 2. The second-order valence-corrected chi connectivity index (χ2v) is 7.88. The Hall–Kier alpha value is -1.74. The largest absolute Gasteiger partial charge is 0.368 e. The molecule has 1 saturated heterocycles. The van der Waals surface area contributed by atoms with Crippen LogP contribution in [0.4, 0.5) is 11.8 Å². The molecule has 2 aromatic rings. The molecule has 25 heavy (non-hydrogen) atoms. The average molecular weight is 370 g/mol. The van der Waals surface area contributed by atoms with Gasteiger partial charge in [0.25, 0.3) is 0 Å². The van der Waals surface area contributed by atoms with Gasteiger partial charge in [0.15, 0.2) is 17.0 Å². The van der Waals surface area contributed by atoms with Gasteiger partial charge in [0.05, 0.1) is 19.0 Å². The highest BCUT2D eigenvalue weighted by atomic mass is 31.2. The number of nitrogens with zero attached hydrogens (tertiary/aromatic N) is 5. The Balaban J connectivity index is 1.83. The fourth-order valence-electron chi connectivity index (χ4n) is 2.96. The first-order valence-corrected chi connectivity index (χ1v) is 10.0. The average Bonchev–Trinajstić information content (AvgIpc) is 2.95. The van der Waals surface area contributed by atoms with Gasteiger partial charge in [0.1, 0.15) is 6.35 Å². The molecule has 10 nitrogen and oxygen atoms in total. The lowest BCUT2D eigenvalue weighted by molar-refractivity contribution is 0.0764. The van der Waals surface area contributed by atoms with E-state index in [1.54, 1.807) is 17.8 Å². The molecule has 1 aliphatic heterocycles. The van der Waals surface area contributed by atoms with E-state index < -0.39 is 20.0 Å². The van der Waals surface area contributed by atoms with E-state index in [0.29, 0.717) is 17.7 Å². The summed E-state index contributed by atoms with van der Waals surface area (Å²) in [7, 11) is -4.19. The van der Waals surface area contributed by atoms with E-state index in [4.69, 9.17) is 20.3 Å². The number of hydrogen-bond acceptors (Lipinski definition) is 7. The van der Waals surface area contributed by atoms with Crippen molar-refractivity contribution in [2.24, 2.45) is 0 Å². The lowest BCUT2D eigenvalue weighted by atomic mass is 10.1. The summed E-state index contributed by atoms with van der Waals surface area (Å²) in [6.07, 6.45) is 4.03. The molecular formula is C14H23N6O4P. The highest BCUT2D eigenvalue weighted by molar-refractivity contribution is 7.51. The smallest absolute Gasteiger partial charge is 0.350 e. The minimum Gasteiger partial charge on any atom is -0.368 e. The number of imidazole rings is 1. The molecule has 0 aromatic carbocycles. The summed E-state index contributed by atoms with van der Waals surface area (Å²) >= 11 is 0. The van der Waals surface area contributed by atoms with Gasteiger partial charge in [-0.1, -0.05) is 0 Å². The fraction of sp³-hybridized carbons (Fsp3) is 0.643. The molecule has 1 aliphatic rings. The Kier molecular flexibility index (Phi) is 5.24. The van der Waals surface area contributed by atoms with Crippen LogP contribution >= 0.6 is 7.60 Å². The predicted octanol–water partition coefficient (Wildman–Crippen LogP) is 0.939. The molecule has 4 N–H and O–H groups in total. The van der Waals surface area contributed by atoms with Gasteiger partial charge in [-0.05, 0) is 26.2 Å². The topological polar surface area (TPSA) is 140 Å². The van der Waals surface area contributed by atoms with Crippen molar-refractivity contribution in [2.45, 2.75) is 38.8 Å². The summed E-state index contributed by atoms with van der Waals surface area (Å²) < 4.78 is 17.9. The van der Waals surface area contributed by atoms with E-state index in [-0.39, 0.29) is 5.95 Å². The zero-order valence-electron chi connectivity index (χ0n) is 14.1. The summed E-state index contributed by atoms with van der Waals surface area (Å²) in [4.78, 5) is 33.1. The van der Waals surface area contributed by atoms with E-state index >= 15 is 0 Å². The first-order chi connectivity index (χ1) is 11.8. The number of nitrogens with two attached hydrogens (primary N) is 1. The number of ether oxygens (including phenoxy) is 1. The second-order valence-electron chi connectivity index (χ2n) is 6.29. The van der Waals surface area contributed by atoms with Crippen LogP contribution < -0.4 is 10.6 Å². The molecular weight excluding hydrogens is 347 g/mol. The van der Waals surface area contributed by atoms with Crippen molar-refractivity contribution in [1.29, 1.82) is 0 Å². The van der Waals surface area contributed by atoms with Crippen LogP contribution in [0, 0.1) is 0 Å². The third kappa shape index (κ3) is 4.46. The van der Waals surface area contributed by atoms with Crippen molar-refractivity contribution in [1.82, 2.24) is 19.5 Å². The van der Waals surface area contributed by atoms with Crippen molar-refractivity contribution >= 4 is 30.5 Å². The number of piperidine rings is 1. The monoisotopic (exact) mass is 370 g/mol. The lowest BCUT2D eigenvalue weighted by Crippen LogP contribution is -2.30. The SMILES string of the molecule is C[C@H](Cn1cnc2c(N3CCCCC3)nc(N)nc21)OCP(=O)(O)O. The van der Waals surface area contributed by atoms with Crippen LogP contribution in [0.15, 0.2) is 6.33 Å². The highest BCUT2D eigenvalue weighted by Crippen LogP contribution is 2.34. The number of rotatable bonds is 6. The molecule has 138 valence electrons. The first-order valence-electron chi connectivity index (χ1n) is 8.23. The van der Waals surface area contributed by atoms with Gasteiger partial charge in [-0.25, -0.2) is 4.98 Å². The Bertz CT molecular complexity index is 785. The van der Waals surface area contributed by atoms with Crippen molar-refractivity contribution in [3.8, 4) is 0 Å². The molecule has 0 radical (unpaired) electrons. The van der Waals surface area contributed by atoms with Crippen LogP contribution in [0.5, 0.6) is 0 Å². The van der Waals surface area contributed by atoms with Gasteiger partial charge in [0, 0.05) is 13.1 Å². The van der Waals surface area contributed by atoms with Crippen molar-refractivity contribution in [3.05, 3.63) is 6.33 Å². The summed E-state index contributed by atoms with van der Waals surface area (Å²) in [6, 6.07) is 0. The van der Waals surface area contributed by atoms with Crippen LogP contribution in [-0.2, 0) is 15.8 Å². The van der Waals surface area contributed by atoms with Gasteiger partial charge in [-0.15, -0.1) is 0 Å². The highest BCUT2D eigenvalue weighted by Gasteiger charge is 2.21.